The topological polar surface area (TPSA) is 566 Å². The summed E-state index contributed by atoms with van der Waals surface area (Å²) in [6, 6.07) is -8.77. The molecule has 0 radical (unpaired) electrons. The maximum absolute atomic E-state index is 14.3. The number of aliphatic hydroxyl groups is 1. The van der Waals surface area contributed by atoms with Gasteiger partial charge in [0, 0.05) is 17.7 Å². The minimum Gasteiger partial charge on any atom is -0.480 e. The number of hydrogen-bond acceptors (Lipinski definition) is 27. The fourth-order valence-electron chi connectivity index (χ4n) is 10.7. The third-order valence-corrected chi connectivity index (χ3v) is 18.7. The van der Waals surface area contributed by atoms with Crippen molar-refractivity contribution in [2.45, 2.75) is 191 Å². The summed E-state index contributed by atoms with van der Waals surface area (Å²) in [6.45, 7) is 31.9. The quantitative estimate of drug-likeness (QED) is 0.0262. The number of aliphatic hydroxyl groups excluding tert-OH is 1. The number of nitrogens with one attached hydrogen (secondary N) is 13. The van der Waals surface area contributed by atoms with Gasteiger partial charge in [0.25, 0.3) is 35.4 Å². The third kappa shape index (κ3) is 25.6. The number of aryl methyl sites for hydroxylation is 3. The summed E-state index contributed by atoms with van der Waals surface area (Å²) in [5.41, 5.74) is -1.40. The van der Waals surface area contributed by atoms with Crippen molar-refractivity contribution in [1.29, 1.82) is 0 Å². The molecule has 0 bridgehead atoms. The number of thiazole rings is 2. The lowest BCUT2D eigenvalue weighted by atomic mass is 9.97. The van der Waals surface area contributed by atoms with Crippen LogP contribution in [0.2, 0.25) is 0 Å². The van der Waals surface area contributed by atoms with Crippen LogP contribution in [0.25, 0.3) is 11.4 Å². The first-order valence-corrected chi connectivity index (χ1v) is 37.7. The summed E-state index contributed by atoms with van der Waals surface area (Å²) in [5.74, 6) is -12.6. The second-order valence-corrected chi connectivity index (χ2v) is 29.8. The Hall–Kier alpha value is -11.9. The number of hydrogen-bond donors (Lipinski definition) is 15. The highest BCUT2D eigenvalue weighted by Gasteiger charge is 2.36. The van der Waals surface area contributed by atoms with E-state index in [2.05, 4.69) is 112 Å². The predicted molar refractivity (Wildman–Crippen MR) is 405 cm³/mol. The monoisotopic (exact) mass is 1610 g/mol. The van der Waals surface area contributed by atoms with Crippen LogP contribution in [0.1, 0.15) is 235 Å². The average Bonchev–Trinajstić information content (AvgIpc) is 1.72. The van der Waals surface area contributed by atoms with Crippen molar-refractivity contribution in [2.75, 3.05) is 13.2 Å². The zero-order valence-electron chi connectivity index (χ0n) is 65.3. The Labute approximate surface area is 657 Å². The third-order valence-electron chi connectivity index (χ3n) is 16.9. The minimum atomic E-state index is -1.58. The van der Waals surface area contributed by atoms with Crippen LogP contribution in [0.15, 0.2) is 47.8 Å². The van der Waals surface area contributed by atoms with Gasteiger partial charge in [-0.2, -0.15) is 0 Å². The molecule has 41 heteroatoms. The van der Waals surface area contributed by atoms with E-state index in [1.54, 1.807) is 55.4 Å². The number of aromatic nitrogens is 6. The molecule has 39 nitrogen and oxygen atoms in total. The van der Waals surface area contributed by atoms with Gasteiger partial charge >= 0.3 is 5.97 Å². The molecule has 0 saturated carbocycles. The number of amides is 13. The van der Waals surface area contributed by atoms with Crippen molar-refractivity contribution in [1.82, 2.24) is 99.0 Å². The smallest absolute Gasteiger partial charge is 0.326 e. The Bertz CT molecular complexity index is 4520. The van der Waals surface area contributed by atoms with Crippen molar-refractivity contribution < 1.29 is 95.0 Å². The first-order chi connectivity index (χ1) is 53.1. The second-order valence-electron chi connectivity index (χ2n) is 28.0. The maximum Gasteiger partial charge on any atom is 0.326 e. The number of carbonyl (C=O) groups is 14. The summed E-state index contributed by atoms with van der Waals surface area (Å²) in [5, 5.41) is 56.4. The molecule has 0 aliphatic heterocycles. The van der Waals surface area contributed by atoms with Gasteiger partial charge < -0.3 is 97.0 Å². The fraction of sp³-hybridized carbons (Fsp3) is 0.500. The molecule has 6 aromatic rings. The molecule has 9 atom stereocenters. The number of nitrogens with zero attached hydrogens (tertiary/aromatic N) is 6. The highest BCUT2D eigenvalue weighted by Crippen LogP contribution is 2.27. The number of carboxylic acids is 1. The van der Waals surface area contributed by atoms with Crippen LogP contribution in [0.5, 0.6) is 0 Å². The van der Waals surface area contributed by atoms with Gasteiger partial charge in [0.05, 0.1) is 43.7 Å². The van der Waals surface area contributed by atoms with Crippen LogP contribution in [-0.4, -0.2) is 172 Å². The molecule has 0 fully saturated rings. The molecule has 15 N–H and O–H groups in total. The number of carbonyl (C=O) groups excluding carboxylic acids is 13. The minimum absolute atomic E-state index is 0.00858. The summed E-state index contributed by atoms with van der Waals surface area (Å²) in [7, 11) is 0. The van der Waals surface area contributed by atoms with E-state index in [1.165, 1.54) is 45.4 Å². The lowest BCUT2D eigenvalue weighted by molar-refractivity contribution is -0.140. The van der Waals surface area contributed by atoms with Gasteiger partial charge in [-0.3, -0.25) is 62.3 Å². The van der Waals surface area contributed by atoms with Gasteiger partial charge in [0.2, 0.25) is 64.9 Å². The number of aliphatic carboxylic acids is 1. The fourth-order valence-corrected chi connectivity index (χ4v) is 12.2. The Morgan fingerprint density at radius 3 is 1.67 bits per heavy atom. The Balaban J connectivity index is 0.966. The second kappa shape index (κ2) is 40.9. The highest BCUT2D eigenvalue weighted by molar-refractivity contribution is 7.10. The first-order valence-electron chi connectivity index (χ1n) is 35.9. The van der Waals surface area contributed by atoms with Crippen molar-refractivity contribution in [3.63, 3.8) is 0 Å². The molecule has 13 amide bonds. The van der Waals surface area contributed by atoms with Crippen molar-refractivity contribution in [3.05, 3.63) is 115 Å². The molecular weight excluding hydrogens is 1520 g/mol. The number of carboxylic acid groups (broad SMARTS) is 1. The summed E-state index contributed by atoms with van der Waals surface area (Å²) < 4.78 is 22.4. The molecule has 0 aliphatic carbocycles. The molecule has 113 heavy (non-hydrogen) atoms. The zero-order chi connectivity index (χ0) is 84.2. The first kappa shape index (κ1) is 90.0. The van der Waals surface area contributed by atoms with E-state index < -0.39 is 156 Å². The van der Waals surface area contributed by atoms with E-state index in [0.717, 1.165) is 28.9 Å². The van der Waals surface area contributed by atoms with Gasteiger partial charge in [0.15, 0.2) is 22.8 Å². The molecule has 0 aromatic carbocycles. The van der Waals surface area contributed by atoms with Crippen LogP contribution in [0.4, 0.5) is 0 Å². The molecule has 0 saturated heterocycles. The van der Waals surface area contributed by atoms with Gasteiger partial charge in [-0.15, -0.1) is 22.7 Å². The Morgan fingerprint density at radius 2 is 1.05 bits per heavy atom. The summed E-state index contributed by atoms with van der Waals surface area (Å²) >= 11 is 2.08. The number of rotatable bonds is 41. The Kier molecular flexibility index (Phi) is 32.6. The summed E-state index contributed by atoms with van der Waals surface area (Å²) in [4.78, 5) is 210. The Morgan fingerprint density at radius 1 is 0.504 bits per heavy atom. The van der Waals surface area contributed by atoms with Crippen LogP contribution >= 0.6 is 22.7 Å². The largest absolute Gasteiger partial charge is 0.480 e. The molecular formula is C72H97N19O20S2. The molecule has 6 rings (SSSR count). The zero-order valence-corrected chi connectivity index (χ0v) is 67.0. The van der Waals surface area contributed by atoms with E-state index in [-0.39, 0.29) is 129 Å². The maximum atomic E-state index is 14.3. The van der Waals surface area contributed by atoms with Gasteiger partial charge in [-0.1, -0.05) is 88.8 Å². The van der Waals surface area contributed by atoms with Gasteiger partial charge in [-0.05, 0) is 77.0 Å². The van der Waals surface area contributed by atoms with Crippen molar-refractivity contribution in [2.24, 2.45) is 29.6 Å². The van der Waals surface area contributed by atoms with E-state index in [4.69, 9.17) is 17.7 Å². The van der Waals surface area contributed by atoms with Crippen LogP contribution < -0.4 is 69.1 Å². The molecule has 6 heterocycles. The molecule has 0 unspecified atom stereocenters. The molecule has 0 aliphatic rings. The van der Waals surface area contributed by atoms with E-state index in [9.17, 15) is 77.3 Å². The summed E-state index contributed by atoms with van der Waals surface area (Å²) in [6.07, 6.45) is 1.82. The van der Waals surface area contributed by atoms with Crippen LogP contribution in [0.3, 0.4) is 0 Å². The van der Waals surface area contributed by atoms with E-state index in [1.807, 2.05) is 20.8 Å². The van der Waals surface area contributed by atoms with E-state index in [0.29, 0.717) is 17.8 Å². The van der Waals surface area contributed by atoms with Gasteiger partial charge in [0.1, 0.15) is 87.2 Å². The van der Waals surface area contributed by atoms with Crippen molar-refractivity contribution >= 4 is 117 Å². The molecule has 0 spiro atoms. The van der Waals surface area contributed by atoms with Crippen molar-refractivity contribution in [3.8, 4) is 0 Å². The number of oxazole rings is 4. The standard InChI is InChI=1S/C72H97N19O20S2/c1-19-33(10)53(89-67(105)56-40(17)111-70(91-56)37(14)79-63(101)51(31(6)7)87-66(104)55-39(16)110-69(90-55)36(13)76-41(18)93)64(102)82-43(21-30(4)5)71-85-47(28-113-71)61(99)83-44(25-92)58(96)74-22-48(94)73-23-49-86-54(38(15)109-49)65(103)81-42(20-29(2)3)59(97)78-35(12)68-84-45(26-108-68)60(98)77-34(11)57(95)75-24-50-80-46(27-112-50)62(100)88-52(32(8)9)72(106)107/h26-34,36,42-44,51-53,92H,12,14,19-25H2,1-11,13,15-18H3,(H,73,94)(H,74,96)(H,75,95)(H,76,93)(H,77,98)(H,78,97)(H,79,101)(H,81,103)(H,82,102)(H,83,99)(H,87,104)(H,88,100)(H,89,105)(H,106,107)/t33-,34-,36-,42-,43-,44-,51-,52-,53-/m0/s1. The SMILES string of the molecule is C=C(NC(=O)[C@H](CC(C)C)NC(=O)c1nc(CNC(=O)CNC(=O)[C@H](CO)NC(=O)c2csc([C@H](CC(C)C)NC(=O)[C@@H](NC(=O)c3nc(C(=C)NC(=O)[C@@H](NC(=O)c4nc([C@H](C)NC(C)=O)oc4C)C(C)C)oc3C)[C@@H](C)CC)n2)oc1C)c1nc(C(=O)N[C@@H](C)C(=O)NCc2nc(C(=O)N[C@H](C(=O)O)C(C)C)cs2)co1. The highest BCUT2D eigenvalue weighted by atomic mass is 32.1. The molecule has 612 valence electrons. The van der Waals surface area contributed by atoms with E-state index >= 15 is 0 Å². The van der Waals surface area contributed by atoms with Crippen LogP contribution in [0, 0.1) is 50.4 Å². The van der Waals surface area contributed by atoms with Gasteiger partial charge in [-0.25, -0.2) is 34.7 Å². The predicted octanol–water partition coefficient (Wildman–Crippen LogP) is 2.99. The van der Waals surface area contributed by atoms with Crippen LogP contribution in [-0.2, 0) is 51.4 Å². The average molecular weight is 1610 g/mol. The molecule has 6 aromatic heterocycles. The normalized spacial score (nSPS) is 13.7. The lowest BCUT2D eigenvalue weighted by Crippen LogP contribution is -2.51. The lowest BCUT2D eigenvalue weighted by Gasteiger charge is -2.26.